The number of carbonyl (C=O) groups is 2. The predicted octanol–water partition coefficient (Wildman–Crippen LogP) is 0.478. The number of esters is 1. The van der Waals surface area contributed by atoms with Crippen LogP contribution in [0, 0.1) is 5.92 Å². The van der Waals surface area contributed by atoms with Crippen LogP contribution in [0.1, 0.15) is 20.3 Å². The first-order valence-corrected chi connectivity index (χ1v) is 7.49. The van der Waals surface area contributed by atoms with Gasteiger partial charge < -0.3 is 15.4 Å². The van der Waals surface area contributed by atoms with E-state index in [4.69, 9.17) is 10.5 Å². The third-order valence-electron chi connectivity index (χ3n) is 2.93. The fourth-order valence-electron chi connectivity index (χ4n) is 1.83. The molecule has 2 unspecified atom stereocenters. The number of nitrogens with zero attached hydrogens (tertiary/aromatic N) is 1. The van der Waals surface area contributed by atoms with Gasteiger partial charge in [-0.2, -0.15) is 11.8 Å². The number of rotatable bonds is 5. The van der Waals surface area contributed by atoms with Gasteiger partial charge in [-0.3, -0.25) is 4.79 Å². The molecule has 1 saturated heterocycles. The second kappa shape index (κ2) is 7.63. The average Bonchev–Trinajstić information content (AvgIpc) is 2.38. The quantitative estimate of drug-likeness (QED) is 0.738. The van der Waals surface area contributed by atoms with Crippen molar-refractivity contribution in [3.63, 3.8) is 0 Å². The van der Waals surface area contributed by atoms with Gasteiger partial charge in [0, 0.05) is 24.5 Å². The fourth-order valence-corrected chi connectivity index (χ4v) is 2.87. The molecule has 6 heteroatoms. The average molecular weight is 274 g/mol. The monoisotopic (exact) mass is 274 g/mol. The standard InChI is InChI=1S/C12H22N2O3S/c1-3-17-12(16)10-8-18-5-4-14(10)11(15)6-9(2)7-13/h9-10H,3-8,13H2,1-2H3. The lowest BCUT2D eigenvalue weighted by Gasteiger charge is -2.34. The van der Waals surface area contributed by atoms with Gasteiger partial charge in [0.1, 0.15) is 6.04 Å². The van der Waals surface area contributed by atoms with E-state index in [1.807, 2.05) is 6.92 Å². The zero-order chi connectivity index (χ0) is 13.5. The van der Waals surface area contributed by atoms with Gasteiger partial charge in [0.05, 0.1) is 6.61 Å². The van der Waals surface area contributed by atoms with Crippen molar-refractivity contribution in [2.75, 3.05) is 31.2 Å². The summed E-state index contributed by atoms with van der Waals surface area (Å²) in [5, 5.41) is 0. The molecule has 2 N–H and O–H groups in total. The number of amides is 1. The molecule has 1 fully saturated rings. The third kappa shape index (κ3) is 4.17. The first-order chi connectivity index (χ1) is 8.60. The first-order valence-electron chi connectivity index (χ1n) is 6.34. The van der Waals surface area contributed by atoms with Crippen molar-refractivity contribution in [1.29, 1.82) is 0 Å². The molecular weight excluding hydrogens is 252 g/mol. The third-order valence-corrected chi connectivity index (χ3v) is 3.96. The van der Waals surface area contributed by atoms with Crippen molar-refractivity contribution in [3.8, 4) is 0 Å². The van der Waals surface area contributed by atoms with E-state index in [0.29, 0.717) is 31.9 Å². The molecule has 1 aliphatic heterocycles. The Kier molecular flexibility index (Phi) is 6.49. The van der Waals surface area contributed by atoms with Crippen LogP contribution in [0.3, 0.4) is 0 Å². The van der Waals surface area contributed by atoms with Gasteiger partial charge in [-0.05, 0) is 19.4 Å². The second-order valence-electron chi connectivity index (χ2n) is 4.47. The highest BCUT2D eigenvalue weighted by Crippen LogP contribution is 2.19. The zero-order valence-electron chi connectivity index (χ0n) is 11.1. The van der Waals surface area contributed by atoms with E-state index in [1.54, 1.807) is 23.6 Å². The highest BCUT2D eigenvalue weighted by Gasteiger charge is 2.33. The molecule has 1 rings (SSSR count). The number of hydrogen-bond donors (Lipinski definition) is 1. The predicted molar refractivity (Wildman–Crippen MR) is 72.3 cm³/mol. The van der Waals surface area contributed by atoms with Crippen molar-refractivity contribution in [1.82, 2.24) is 4.90 Å². The molecule has 104 valence electrons. The fraction of sp³-hybridized carbons (Fsp3) is 0.833. The molecule has 0 saturated carbocycles. The molecule has 2 atom stereocenters. The minimum atomic E-state index is -0.429. The molecule has 1 heterocycles. The van der Waals surface area contributed by atoms with Crippen LogP contribution in [0.4, 0.5) is 0 Å². The maximum absolute atomic E-state index is 12.1. The van der Waals surface area contributed by atoms with Gasteiger partial charge >= 0.3 is 5.97 Å². The molecule has 5 nitrogen and oxygen atoms in total. The Hall–Kier alpha value is -0.750. The summed E-state index contributed by atoms with van der Waals surface area (Å²) >= 11 is 1.68. The van der Waals surface area contributed by atoms with Gasteiger partial charge in [-0.15, -0.1) is 0 Å². The Morgan fingerprint density at radius 2 is 2.28 bits per heavy atom. The molecule has 0 radical (unpaired) electrons. The Labute approximate surface area is 112 Å². The summed E-state index contributed by atoms with van der Waals surface area (Å²) in [6.07, 6.45) is 0.400. The number of thioether (sulfide) groups is 1. The topological polar surface area (TPSA) is 72.6 Å². The van der Waals surface area contributed by atoms with Gasteiger partial charge in [0.25, 0.3) is 0 Å². The summed E-state index contributed by atoms with van der Waals surface area (Å²) in [5.41, 5.74) is 5.53. The number of hydrogen-bond acceptors (Lipinski definition) is 5. The Morgan fingerprint density at radius 3 is 2.89 bits per heavy atom. The van der Waals surface area contributed by atoms with Crippen molar-refractivity contribution >= 4 is 23.6 Å². The van der Waals surface area contributed by atoms with Crippen LogP contribution in [0.5, 0.6) is 0 Å². The first kappa shape index (κ1) is 15.3. The van der Waals surface area contributed by atoms with Gasteiger partial charge in [0.2, 0.25) is 5.91 Å². The van der Waals surface area contributed by atoms with Crippen LogP contribution in [-0.2, 0) is 14.3 Å². The maximum Gasteiger partial charge on any atom is 0.329 e. The van der Waals surface area contributed by atoms with E-state index < -0.39 is 6.04 Å². The van der Waals surface area contributed by atoms with Crippen molar-refractivity contribution in [2.24, 2.45) is 11.7 Å². The minimum absolute atomic E-state index is 0.00584. The molecule has 0 aromatic carbocycles. The largest absolute Gasteiger partial charge is 0.464 e. The second-order valence-corrected chi connectivity index (χ2v) is 5.62. The molecule has 1 amide bonds. The lowest BCUT2D eigenvalue weighted by molar-refractivity contribution is -0.154. The van der Waals surface area contributed by atoms with Crippen LogP contribution < -0.4 is 5.73 Å². The summed E-state index contributed by atoms with van der Waals surface area (Å²) in [5.74, 6) is 1.36. The molecule has 0 spiro atoms. The summed E-state index contributed by atoms with van der Waals surface area (Å²) < 4.78 is 5.02. The van der Waals surface area contributed by atoms with E-state index in [1.165, 1.54) is 0 Å². The van der Waals surface area contributed by atoms with Crippen LogP contribution in [0.2, 0.25) is 0 Å². The molecule has 0 aliphatic carbocycles. The number of nitrogens with two attached hydrogens (primary N) is 1. The van der Waals surface area contributed by atoms with Crippen molar-refractivity contribution < 1.29 is 14.3 Å². The molecule has 18 heavy (non-hydrogen) atoms. The Bertz CT molecular complexity index is 299. The summed E-state index contributed by atoms with van der Waals surface area (Å²) in [6.45, 7) is 5.16. The smallest absolute Gasteiger partial charge is 0.329 e. The lowest BCUT2D eigenvalue weighted by atomic mass is 10.1. The summed E-state index contributed by atoms with van der Waals surface area (Å²) in [7, 11) is 0. The molecular formula is C12H22N2O3S. The molecule has 0 bridgehead atoms. The van der Waals surface area contributed by atoms with E-state index in [2.05, 4.69) is 0 Å². The number of carbonyl (C=O) groups excluding carboxylic acids is 2. The van der Waals surface area contributed by atoms with Crippen molar-refractivity contribution in [3.05, 3.63) is 0 Å². The molecule has 0 aromatic rings. The van der Waals surface area contributed by atoms with Gasteiger partial charge in [0.15, 0.2) is 0 Å². The van der Waals surface area contributed by atoms with E-state index >= 15 is 0 Å². The highest BCUT2D eigenvalue weighted by atomic mass is 32.2. The van der Waals surface area contributed by atoms with Crippen LogP contribution in [0.25, 0.3) is 0 Å². The Morgan fingerprint density at radius 1 is 1.56 bits per heavy atom. The lowest BCUT2D eigenvalue weighted by Crippen LogP contribution is -2.51. The maximum atomic E-state index is 12.1. The van der Waals surface area contributed by atoms with E-state index in [-0.39, 0.29) is 17.8 Å². The summed E-state index contributed by atoms with van der Waals surface area (Å²) in [6, 6.07) is -0.429. The van der Waals surface area contributed by atoms with Crippen molar-refractivity contribution in [2.45, 2.75) is 26.3 Å². The van der Waals surface area contributed by atoms with Gasteiger partial charge in [-0.25, -0.2) is 4.79 Å². The summed E-state index contributed by atoms with van der Waals surface area (Å²) in [4.78, 5) is 25.6. The van der Waals surface area contributed by atoms with Crippen LogP contribution in [-0.4, -0.2) is 54.0 Å². The zero-order valence-corrected chi connectivity index (χ0v) is 11.9. The van der Waals surface area contributed by atoms with Gasteiger partial charge in [-0.1, -0.05) is 6.92 Å². The number of ether oxygens (including phenoxy) is 1. The molecule has 1 aliphatic rings. The van der Waals surface area contributed by atoms with E-state index in [0.717, 1.165) is 5.75 Å². The normalized spacial score (nSPS) is 21.5. The minimum Gasteiger partial charge on any atom is -0.464 e. The van der Waals surface area contributed by atoms with E-state index in [9.17, 15) is 9.59 Å². The van der Waals surface area contributed by atoms with Crippen LogP contribution >= 0.6 is 11.8 Å². The Balaban J connectivity index is 2.63. The highest BCUT2D eigenvalue weighted by molar-refractivity contribution is 7.99. The SMILES string of the molecule is CCOC(=O)C1CSCCN1C(=O)CC(C)CN. The van der Waals surface area contributed by atoms with Crippen LogP contribution in [0.15, 0.2) is 0 Å². The molecule has 0 aromatic heterocycles.